The largest absolute Gasteiger partial charge is 0.322 e. The van der Waals surface area contributed by atoms with Gasteiger partial charge in [0.15, 0.2) is 0 Å². The average Bonchev–Trinajstić information content (AvgIpc) is 3.39. The van der Waals surface area contributed by atoms with Crippen molar-refractivity contribution in [1.82, 2.24) is 4.57 Å². The van der Waals surface area contributed by atoms with Gasteiger partial charge < -0.3 is 9.88 Å². The average molecular weight is 557 g/mol. The van der Waals surface area contributed by atoms with Crippen LogP contribution in [-0.4, -0.2) is 10.5 Å². The van der Waals surface area contributed by atoms with Crippen molar-refractivity contribution in [3.8, 4) is 11.1 Å². The number of hydrogen-bond donors (Lipinski definition) is 1. The number of carbonyl (C=O) groups is 1. The second-order valence-electron chi connectivity index (χ2n) is 9.05. The number of halogens is 1. The van der Waals surface area contributed by atoms with E-state index < -0.39 is 0 Å². The van der Waals surface area contributed by atoms with Crippen LogP contribution in [0.3, 0.4) is 0 Å². The number of anilines is 1. The molecule has 4 aromatic rings. The van der Waals surface area contributed by atoms with E-state index in [1.54, 1.807) is 11.3 Å². The van der Waals surface area contributed by atoms with E-state index in [1.807, 2.05) is 60.7 Å². The van der Waals surface area contributed by atoms with Crippen molar-refractivity contribution >= 4 is 50.5 Å². The molecule has 0 bridgehead atoms. The maximum Gasteiger partial charge on any atom is 0.258 e. The fourth-order valence-corrected chi connectivity index (χ4v) is 6.63. The van der Waals surface area contributed by atoms with Crippen LogP contribution >= 0.6 is 27.3 Å². The van der Waals surface area contributed by atoms with Crippen LogP contribution in [0.5, 0.6) is 0 Å². The van der Waals surface area contributed by atoms with Crippen molar-refractivity contribution in [3.05, 3.63) is 104 Å². The Morgan fingerprint density at radius 2 is 1.81 bits per heavy atom. The van der Waals surface area contributed by atoms with E-state index in [1.165, 1.54) is 10.4 Å². The predicted molar refractivity (Wildman–Crippen MR) is 152 cm³/mol. The topological polar surface area (TPSA) is 57.8 Å². The van der Waals surface area contributed by atoms with Crippen LogP contribution in [0.1, 0.15) is 56.2 Å². The summed E-state index contributed by atoms with van der Waals surface area (Å²) in [4.78, 5) is 14.9. The predicted octanol–water partition coefficient (Wildman–Crippen LogP) is 8.11. The Kier molecular flexibility index (Phi) is 6.95. The number of aryl methyl sites for hydroxylation is 2. The summed E-state index contributed by atoms with van der Waals surface area (Å²) in [6.45, 7) is 4.13. The lowest BCUT2D eigenvalue weighted by molar-refractivity contribution is 0.102. The number of carbonyl (C=O) groups excluding carboxylic acids is 1. The number of amides is 1. The fourth-order valence-electron chi connectivity index (χ4n) is 4.87. The Hall–Kier alpha value is -3.40. The highest BCUT2D eigenvalue weighted by molar-refractivity contribution is 9.10. The van der Waals surface area contributed by atoms with Crippen LogP contribution in [0.2, 0.25) is 0 Å². The zero-order valence-electron chi connectivity index (χ0n) is 20.3. The molecule has 6 heteroatoms. The smallest absolute Gasteiger partial charge is 0.258 e. The second-order valence-corrected chi connectivity index (χ2v) is 11.0. The van der Waals surface area contributed by atoms with E-state index in [-0.39, 0.29) is 5.91 Å². The summed E-state index contributed by atoms with van der Waals surface area (Å²) < 4.78 is 3.16. The molecule has 2 heterocycles. The molecule has 2 aromatic heterocycles. The van der Waals surface area contributed by atoms with E-state index in [4.69, 9.17) is 0 Å². The first-order valence-corrected chi connectivity index (χ1v) is 13.6. The molecule has 1 aliphatic carbocycles. The lowest BCUT2D eigenvalue weighted by Gasteiger charge is -2.14. The third-order valence-corrected chi connectivity index (χ3v) is 8.47. The number of thiophene rings is 1. The molecule has 0 spiro atoms. The molecule has 180 valence electrons. The van der Waals surface area contributed by atoms with Crippen LogP contribution in [0.4, 0.5) is 5.69 Å². The Labute approximate surface area is 224 Å². The third-order valence-electron chi connectivity index (χ3n) is 6.66. The molecule has 5 rings (SSSR count). The maximum atomic E-state index is 13.6. The normalized spacial score (nSPS) is 13.2. The Morgan fingerprint density at radius 3 is 2.53 bits per heavy atom. The molecule has 0 aliphatic heterocycles. The molecule has 2 aromatic carbocycles. The van der Waals surface area contributed by atoms with Crippen molar-refractivity contribution in [2.45, 2.75) is 39.5 Å². The van der Waals surface area contributed by atoms with Crippen molar-refractivity contribution in [2.75, 3.05) is 5.32 Å². The van der Waals surface area contributed by atoms with Gasteiger partial charge in [0.2, 0.25) is 0 Å². The van der Waals surface area contributed by atoms with Gasteiger partial charge in [0, 0.05) is 26.4 Å². The van der Waals surface area contributed by atoms with Crippen LogP contribution in [-0.2, 0) is 12.8 Å². The first-order chi connectivity index (χ1) is 17.5. The molecule has 1 N–H and O–H groups in total. The monoisotopic (exact) mass is 555 g/mol. The first-order valence-electron chi connectivity index (χ1n) is 12.0. The zero-order valence-corrected chi connectivity index (χ0v) is 22.7. The highest BCUT2D eigenvalue weighted by Gasteiger charge is 2.28. The number of para-hydroxylation sites is 1. The Balaban J connectivity index is 1.60. The van der Waals surface area contributed by atoms with E-state index in [9.17, 15) is 10.1 Å². The molecule has 0 atom stereocenters. The quantitative estimate of drug-likeness (QED) is 0.253. The van der Waals surface area contributed by atoms with Gasteiger partial charge in [-0.3, -0.25) is 4.79 Å². The molecule has 0 fully saturated rings. The lowest BCUT2D eigenvalue weighted by Crippen LogP contribution is -2.17. The van der Waals surface area contributed by atoms with Crippen molar-refractivity contribution in [3.63, 3.8) is 0 Å². The van der Waals surface area contributed by atoms with Crippen molar-refractivity contribution in [1.29, 1.82) is 5.26 Å². The molecule has 36 heavy (non-hydrogen) atoms. The molecule has 1 amide bonds. The zero-order chi connectivity index (χ0) is 25.2. The summed E-state index contributed by atoms with van der Waals surface area (Å²) in [7, 11) is 0. The number of aromatic nitrogens is 1. The molecule has 0 saturated carbocycles. The highest BCUT2D eigenvalue weighted by Crippen LogP contribution is 2.39. The third kappa shape index (κ3) is 4.69. The van der Waals surface area contributed by atoms with E-state index in [2.05, 4.69) is 51.8 Å². The van der Waals surface area contributed by atoms with Crippen LogP contribution in [0.25, 0.3) is 16.7 Å². The molecule has 0 saturated heterocycles. The molecular weight excluding hydrogens is 530 g/mol. The highest BCUT2D eigenvalue weighted by atomic mass is 79.9. The number of nitriles is 1. The summed E-state index contributed by atoms with van der Waals surface area (Å²) in [6, 6.07) is 21.8. The minimum absolute atomic E-state index is 0.0623. The van der Waals surface area contributed by atoms with Gasteiger partial charge in [-0.15, -0.1) is 11.3 Å². The maximum absolute atomic E-state index is 13.6. The first kappa shape index (κ1) is 24.3. The van der Waals surface area contributed by atoms with Crippen molar-refractivity contribution in [2.24, 2.45) is 0 Å². The summed E-state index contributed by atoms with van der Waals surface area (Å²) >= 11 is 5.19. The summed E-state index contributed by atoms with van der Waals surface area (Å²) in [5.74, 6) is -0.0623. The number of nitrogens with zero attached hydrogens (tertiary/aromatic N) is 2. The van der Waals surface area contributed by atoms with E-state index in [0.717, 1.165) is 68.9 Å². The SMILES string of the molecule is Cc1cc(/C=C(/C#N)c2ccc(Br)cc2)c(C)n1-c1sc2c(c1C(=O)Nc1ccccc1)CCCC2. The number of allylic oxidation sites excluding steroid dienone is 1. The van der Waals surface area contributed by atoms with Crippen LogP contribution in [0.15, 0.2) is 65.1 Å². The summed E-state index contributed by atoms with van der Waals surface area (Å²) in [5, 5.41) is 14.0. The summed E-state index contributed by atoms with van der Waals surface area (Å²) in [6.07, 6.45) is 6.14. The number of fused-ring (bicyclic) bond motifs is 1. The van der Waals surface area contributed by atoms with Gasteiger partial charge in [0.05, 0.1) is 17.2 Å². The van der Waals surface area contributed by atoms with Crippen LogP contribution in [0, 0.1) is 25.2 Å². The molecular formula is C30H26BrN3OS. The van der Waals surface area contributed by atoms with Gasteiger partial charge in [-0.25, -0.2) is 0 Å². The molecule has 0 unspecified atom stereocenters. The van der Waals surface area contributed by atoms with Gasteiger partial charge in [-0.2, -0.15) is 5.26 Å². The van der Waals surface area contributed by atoms with E-state index >= 15 is 0 Å². The molecule has 1 aliphatic rings. The lowest BCUT2D eigenvalue weighted by atomic mass is 9.95. The fraction of sp³-hybridized carbons (Fsp3) is 0.200. The van der Waals surface area contributed by atoms with Gasteiger partial charge in [0.25, 0.3) is 5.91 Å². The van der Waals surface area contributed by atoms with Gasteiger partial charge >= 0.3 is 0 Å². The summed E-state index contributed by atoms with van der Waals surface area (Å²) in [5.41, 5.74) is 7.28. The van der Waals surface area contributed by atoms with Gasteiger partial charge in [0.1, 0.15) is 5.00 Å². The molecule has 0 radical (unpaired) electrons. The standard InChI is InChI=1S/C30H26BrN3OS/c1-19-16-22(17-23(18-32)21-12-14-24(31)15-13-21)20(2)34(19)30-28(26-10-6-7-11-27(26)36-30)29(35)33-25-8-4-3-5-9-25/h3-5,8-9,12-17H,6-7,10-11H2,1-2H3,(H,33,35)/b23-17-. The second kappa shape index (κ2) is 10.3. The number of benzene rings is 2. The minimum atomic E-state index is -0.0623. The number of nitrogens with one attached hydrogen (secondary N) is 1. The minimum Gasteiger partial charge on any atom is -0.322 e. The van der Waals surface area contributed by atoms with Gasteiger partial charge in [-0.1, -0.05) is 46.3 Å². The molecule has 4 nitrogen and oxygen atoms in total. The van der Waals surface area contributed by atoms with Crippen molar-refractivity contribution < 1.29 is 4.79 Å². The van der Waals surface area contributed by atoms with Crippen LogP contribution < -0.4 is 5.32 Å². The number of rotatable bonds is 5. The van der Waals surface area contributed by atoms with E-state index in [0.29, 0.717) is 5.57 Å². The Bertz CT molecular complexity index is 1500. The number of hydrogen-bond acceptors (Lipinski definition) is 3. The Morgan fingerprint density at radius 1 is 1.08 bits per heavy atom. The van der Waals surface area contributed by atoms with Gasteiger partial charge in [-0.05, 0) is 92.6 Å².